The first-order valence-electron chi connectivity index (χ1n) is 4.93. The molecule has 1 aliphatic carbocycles. The molecule has 3 N–H and O–H groups in total. The van der Waals surface area contributed by atoms with Gasteiger partial charge in [0, 0.05) is 5.92 Å². The Hall–Kier alpha value is -1.61. The summed E-state index contributed by atoms with van der Waals surface area (Å²) >= 11 is 0. The van der Waals surface area contributed by atoms with E-state index in [0.29, 0.717) is 6.42 Å². The Balaban J connectivity index is 2.22. The highest BCUT2D eigenvalue weighted by atomic mass is 16.4. The summed E-state index contributed by atoms with van der Waals surface area (Å²) in [6.07, 6.45) is 4.55. The summed E-state index contributed by atoms with van der Waals surface area (Å²) < 4.78 is 0. The van der Waals surface area contributed by atoms with Gasteiger partial charge in [-0.1, -0.05) is 36.4 Å². The molecule has 2 rings (SSSR count). The fraction of sp³-hybridized carbons (Fsp3) is 0.250. The average Bonchev–Trinajstić information content (AvgIpc) is 2.27. The predicted molar refractivity (Wildman–Crippen MR) is 58.3 cm³/mol. The molecular formula is C12H13NO2. The van der Waals surface area contributed by atoms with E-state index in [9.17, 15) is 4.79 Å². The number of nitrogens with two attached hydrogens (primary N) is 1. The van der Waals surface area contributed by atoms with Crippen molar-refractivity contribution in [2.24, 2.45) is 11.7 Å². The van der Waals surface area contributed by atoms with Gasteiger partial charge in [-0.05, 0) is 17.5 Å². The van der Waals surface area contributed by atoms with Gasteiger partial charge in [0.2, 0.25) is 0 Å². The van der Waals surface area contributed by atoms with Gasteiger partial charge in [0.15, 0.2) is 0 Å². The molecule has 2 atom stereocenters. The summed E-state index contributed by atoms with van der Waals surface area (Å²) in [7, 11) is 0. The molecule has 0 fully saturated rings. The van der Waals surface area contributed by atoms with Crippen molar-refractivity contribution in [2.45, 2.75) is 12.5 Å². The Morgan fingerprint density at radius 3 is 2.93 bits per heavy atom. The van der Waals surface area contributed by atoms with Crippen LogP contribution < -0.4 is 5.73 Å². The second kappa shape index (κ2) is 3.87. The van der Waals surface area contributed by atoms with Crippen LogP contribution in [-0.2, 0) is 11.2 Å². The first-order valence-corrected chi connectivity index (χ1v) is 4.93. The van der Waals surface area contributed by atoms with Crippen LogP contribution >= 0.6 is 0 Å². The molecule has 0 bridgehead atoms. The molecular weight excluding hydrogens is 190 g/mol. The fourth-order valence-corrected chi connectivity index (χ4v) is 1.86. The number of fused-ring (bicyclic) bond motifs is 1. The van der Waals surface area contributed by atoms with Gasteiger partial charge in [0.25, 0.3) is 0 Å². The van der Waals surface area contributed by atoms with E-state index < -0.39 is 12.0 Å². The lowest BCUT2D eigenvalue weighted by Gasteiger charge is -2.22. The molecule has 0 heterocycles. The molecule has 0 aromatic heterocycles. The summed E-state index contributed by atoms with van der Waals surface area (Å²) in [5.41, 5.74) is 7.92. The van der Waals surface area contributed by atoms with E-state index in [1.54, 1.807) is 0 Å². The summed E-state index contributed by atoms with van der Waals surface area (Å²) in [6.45, 7) is 0. The Bertz CT molecular complexity index is 412. The van der Waals surface area contributed by atoms with Crippen LogP contribution in [0.5, 0.6) is 0 Å². The molecule has 1 aromatic carbocycles. The maximum atomic E-state index is 10.8. The number of carboxylic acids is 1. The Morgan fingerprint density at radius 2 is 2.20 bits per heavy atom. The molecule has 3 heteroatoms. The lowest BCUT2D eigenvalue weighted by molar-refractivity contribution is -0.139. The molecule has 0 amide bonds. The van der Waals surface area contributed by atoms with Crippen LogP contribution in [0.3, 0.4) is 0 Å². The Labute approximate surface area is 88.2 Å². The molecule has 1 aromatic rings. The fourth-order valence-electron chi connectivity index (χ4n) is 1.86. The second-order valence-corrected chi connectivity index (χ2v) is 3.79. The number of rotatable bonds is 2. The van der Waals surface area contributed by atoms with Crippen LogP contribution in [-0.4, -0.2) is 17.1 Å². The van der Waals surface area contributed by atoms with Gasteiger partial charge in [0.05, 0.1) is 0 Å². The summed E-state index contributed by atoms with van der Waals surface area (Å²) in [6, 6.07) is 7.16. The van der Waals surface area contributed by atoms with E-state index in [1.807, 2.05) is 36.4 Å². The molecule has 0 unspecified atom stereocenters. The van der Waals surface area contributed by atoms with E-state index >= 15 is 0 Å². The Morgan fingerprint density at radius 1 is 1.47 bits per heavy atom. The zero-order valence-corrected chi connectivity index (χ0v) is 8.26. The van der Waals surface area contributed by atoms with Crippen molar-refractivity contribution >= 4 is 12.0 Å². The van der Waals surface area contributed by atoms with Crippen LogP contribution in [0.2, 0.25) is 0 Å². The van der Waals surface area contributed by atoms with Crippen molar-refractivity contribution in [2.75, 3.05) is 0 Å². The zero-order valence-electron chi connectivity index (χ0n) is 8.26. The van der Waals surface area contributed by atoms with E-state index in [1.165, 1.54) is 5.56 Å². The standard InChI is InChI=1S/C12H13NO2/c13-11(12(14)15)10-6-5-8-3-1-2-4-9(8)7-10/h1-6,10-11H,7,13H2,(H,14,15)/t10-,11+/m0/s1. The first kappa shape index (κ1) is 9.93. The zero-order chi connectivity index (χ0) is 10.8. The van der Waals surface area contributed by atoms with Crippen LogP contribution in [0.25, 0.3) is 6.08 Å². The number of benzene rings is 1. The SMILES string of the molecule is N[C@@H](C(=O)O)[C@H]1C=Cc2ccccc2C1. The van der Waals surface area contributed by atoms with Gasteiger partial charge in [-0.25, -0.2) is 0 Å². The van der Waals surface area contributed by atoms with Gasteiger partial charge in [-0.15, -0.1) is 0 Å². The minimum absolute atomic E-state index is 0.0996. The topological polar surface area (TPSA) is 63.3 Å². The van der Waals surface area contributed by atoms with Crippen molar-refractivity contribution in [1.82, 2.24) is 0 Å². The normalized spacial score (nSPS) is 20.7. The van der Waals surface area contributed by atoms with E-state index in [4.69, 9.17) is 10.8 Å². The largest absolute Gasteiger partial charge is 0.480 e. The van der Waals surface area contributed by atoms with E-state index in [0.717, 1.165) is 5.56 Å². The van der Waals surface area contributed by atoms with Crippen molar-refractivity contribution in [3.05, 3.63) is 41.5 Å². The highest BCUT2D eigenvalue weighted by molar-refractivity contribution is 5.74. The first-order chi connectivity index (χ1) is 7.18. The molecule has 0 spiro atoms. The molecule has 1 aliphatic rings. The molecule has 0 saturated carbocycles. The lowest BCUT2D eigenvalue weighted by atomic mass is 9.85. The smallest absolute Gasteiger partial charge is 0.321 e. The van der Waals surface area contributed by atoms with Crippen molar-refractivity contribution in [3.63, 3.8) is 0 Å². The van der Waals surface area contributed by atoms with Crippen molar-refractivity contribution in [1.29, 1.82) is 0 Å². The highest BCUT2D eigenvalue weighted by Crippen LogP contribution is 2.24. The summed E-state index contributed by atoms with van der Waals surface area (Å²) in [5, 5.41) is 8.82. The van der Waals surface area contributed by atoms with Gasteiger partial charge in [-0.3, -0.25) is 4.79 Å². The van der Waals surface area contributed by atoms with Crippen LogP contribution in [0.4, 0.5) is 0 Å². The van der Waals surface area contributed by atoms with Crippen molar-refractivity contribution < 1.29 is 9.90 Å². The van der Waals surface area contributed by atoms with Crippen LogP contribution in [0.1, 0.15) is 11.1 Å². The maximum Gasteiger partial charge on any atom is 0.321 e. The van der Waals surface area contributed by atoms with Crippen LogP contribution in [0, 0.1) is 5.92 Å². The van der Waals surface area contributed by atoms with Gasteiger partial charge < -0.3 is 10.8 Å². The number of carbonyl (C=O) groups is 1. The van der Waals surface area contributed by atoms with Crippen LogP contribution in [0.15, 0.2) is 30.3 Å². The predicted octanol–water partition coefficient (Wildman–Crippen LogP) is 1.28. The number of carboxylic acid groups (broad SMARTS) is 1. The summed E-state index contributed by atoms with van der Waals surface area (Å²) in [5.74, 6) is -1.04. The van der Waals surface area contributed by atoms with E-state index in [2.05, 4.69) is 0 Å². The molecule has 0 saturated heterocycles. The third kappa shape index (κ3) is 1.92. The quantitative estimate of drug-likeness (QED) is 0.761. The summed E-state index contributed by atoms with van der Waals surface area (Å²) in [4.78, 5) is 10.8. The maximum absolute atomic E-state index is 10.8. The average molecular weight is 203 g/mol. The number of hydrogen-bond donors (Lipinski definition) is 2. The number of hydrogen-bond acceptors (Lipinski definition) is 2. The molecule has 3 nitrogen and oxygen atoms in total. The third-order valence-electron chi connectivity index (χ3n) is 2.78. The minimum atomic E-state index is -0.941. The second-order valence-electron chi connectivity index (χ2n) is 3.79. The number of aliphatic carboxylic acids is 1. The monoisotopic (exact) mass is 203 g/mol. The van der Waals surface area contributed by atoms with E-state index in [-0.39, 0.29) is 5.92 Å². The third-order valence-corrected chi connectivity index (χ3v) is 2.78. The van der Waals surface area contributed by atoms with Gasteiger partial charge in [0.1, 0.15) is 6.04 Å². The minimum Gasteiger partial charge on any atom is -0.480 e. The molecule has 0 aliphatic heterocycles. The molecule has 78 valence electrons. The van der Waals surface area contributed by atoms with Gasteiger partial charge in [-0.2, -0.15) is 0 Å². The van der Waals surface area contributed by atoms with Crippen molar-refractivity contribution in [3.8, 4) is 0 Å². The molecule has 15 heavy (non-hydrogen) atoms. The highest BCUT2D eigenvalue weighted by Gasteiger charge is 2.24. The molecule has 0 radical (unpaired) electrons. The lowest BCUT2D eigenvalue weighted by Crippen LogP contribution is -2.38. The Kier molecular flexibility index (Phi) is 2.56. The van der Waals surface area contributed by atoms with Gasteiger partial charge >= 0.3 is 5.97 Å².